The van der Waals surface area contributed by atoms with E-state index < -0.39 is 0 Å². The average Bonchev–Trinajstić information content (AvgIpc) is 3.22. The number of para-hydroxylation sites is 1. The summed E-state index contributed by atoms with van der Waals surface area (Å²) in [5.74, 6) is 0.376. The van der Waals surface area contributed by atoms with E-state index in [1.165, 1.54) is 6.92 Å². The van der Waals surface area contributed by atoms with Gasteiger partial charge < -0.3 is 9.97 Å². The molecule has 7 heteroatoms. The number of fused-ring (bicyclic) bond motifs is 7. The number of aromatic nitrogens is 4. The van der Waals surface area contributed by atoms with Crippen LogP contribution in [0.1, 0.15) is 23.7 Å². The predicted octanol–water partition coefficient (Wildman–Crippen LogP) is 3.68. The quantitative estimate of drug-likeness (QED) is 0.435. The van der Waals surface area contributed by atoms with Gasteiger partial charge in [0.2, 0.25) is 5.91 Å². The van der Waals surface area contributed by atoms with Crippen LogP contribution in [0.3, 0.4) is 0 Å². The standard InChI is InChI=1S/C21H15N5O2/c1-10(27)26-7-6-17(28)18-12-8-15-16(9-14(12)25-21(18)26)22-19-11-4-2-3-5-13(11)23-20(19)24-15/h2-5,8-9,22-23H,6-7H2,1H3. The van der Waals surface area contributed by atoms with E-state index in [1.54, 1.807) is 4.90 Å². The largest absolute Gasteiger partial charge is 0.350 e. The number of hydrogen-bond acceptors (Lipinski definition) is 4. The number of aromatic amines is 2. The molecule has 0 bridgehead atoms. The number of nitrogens with one attached hydrogen (secondary N) is 2. The van der Waals surface area contributed by atoms with Crippen LogP contribution < -0.4 is 4.90 Å². The van der Waals surface area contributed by atoms with Crippen molar-refractivity contribution in [3.63, 3.8) is 0 Å². The maximum absolute atomic E-state index is 12.6. The molecule has 28 heavy (non-hydrogen) atoms. The van der Waals surface area contributed by atoms with Crippen LogP contribution in [0.25, 0.3) is 44.0 Å². The Morgan fingerprint density at radius 2 is 1.89 bits per heavy atom. The SMILES string of the molecule is CC(=O)N1CCC(=O)c2c1nc1cc3[nH]c4c(nc3cc21)[nH]c1ccccc14. The van der Waals surface area contributed by atoms with E-state index in [1.807, 2.05) is 36.4 Å². The lowest BCUT2D eigenvalue weighted by molar-refractivity contribution is -0.116. The van der Waals surface area contributed by atoms with E-state index in [0.717, 1.165) is 38.5 Å². The van der Waals surface area contributed by atoms with Gasteiger partial charge in [-0.1, -0.05) is 18.2 Å². The van der Waals surface area contributed by atoms with Gasteiger partial charge in [0.05, 0.1) is 27.6 Å². The summed E-state index contributed by atoms with van der Waals surface area (Å²) in [4.78, 5) is 42.3. The van der Waals surface area contributed by atoms with E-state index in [4.69, 9.17) is 4.98 Å². The topological polar surface area (TPSA) is 94.7 Å². The molecular formula is C21H15N5O2. The number of anilines is 1. The van der Waals surface area contributed by atoms with Gasteiger partial charge in [0.15, 0.2) is 11.4 Å². The van der Waals surface area contributed by atoms with Crippen molar-refractivity contribution in [2.75, 3.05) is 11.4 Å². The van der Waals surface area contributed by atoms with E-state index in [2.05, 4.69) is 15.0 Å². The van der Waals surface area contributed by atoms with Crippen molar-refractivity contribution in [1.29, 1.82) is 0 Å². The van der Waals surface area contributed by atoms with Crippen molar-refractivity contribution in [2.24, 2.45) is 0 Å². The summed E-state index contributed by atoms with van der Waals surface area (Å²) < 4.78 is 0. The zero-order valence-electron chi connectivity index (χ0n) is 15.0. The molecule has 4 heterocycles. The molecule has 1 aliphatic rings. The molecule has 2 aromatic carbocycles. The van der Waals surface area contributed by atoms with Gasteiger partial charge in [0, 0.05) is 36.2 Å². The van der Waals surface area contributed by atoms with Crippen LogP contribution in [0.5, 0.6) is 0 Å². The highest BCUT2D eigenvalue weighted by atomic mass is 16.2. The third-order valence-corrected chi connectivity index (χ3v) is 5.49. The number of Topliss-reactive ketones (excluding diaryl/α,β-unsaturated/α-hetero) is 1. The van der Waals surface area contributed by atoms with Crippen LogP contribution >= 0.6 is 0 Å². The maximum atomic E-state index is 12.6. The summed E-state index contributed by atoms with van der Waals surface area (Å²) in [7, 11) is 0. The van der Waals surface area contributed by atoms with Crippen LogP contribution in [0.2, 0.25) is 0 Å². The highest BCUT2D eigenvalue weighted by Gasteiger charge is 2.30. The normalized spacial score (nSPS) is 14.5. The minimum atomic E-state index is -0.106. The molecular weight excluding hydrogens is 354 g/mol. The predicted molar refractivity (Wildman–Crippen MR) is 108 cm³/mol. The number of carbonyl (C=O) groups is 2. The maximum Gasteiger partial charge on any atom is 0.225 e. The fraction of sp³-hybridized carbons (Fsp3) is 0.143. The number of carbonyl (C=O) groups excluding carboxylic acids is 2. The zero-order chi connectivity index (χ0) is 19.0. The second-order valence-electron chi connectivity index (χ2n) is 7.17. The number of rotatable bonds is 0. The van der Waals surface area contributed by atoms with Crippen LogP contribution in [0.4, 0.5) is 5.82 Å². The molecule has 0 unspecified atom stereocenters. The minimum Gasteiger partial charge on any atom is -0.350 e. The molecule has 6 rings (SSSR count). The Bertz CT molecular complexity index is 1480. The smallest absolute Gasteiger partial charge is 0.225 e. The number of nitrogens with zero attached hydrogens (tertiary/aromatic N) is 3. The minimum absolute atomic E-state index is 0.0185. The summed E-state index contributed by atoms with van der Waals surface area (Å²) in [6.45, 7) is 1.88. The Labute approximate surface area is 158 Å². The Kier molecular flexibility index (Phi) is 2.83. The summed E-state index contributed by atoms with van der Waals surface area (Å²) in [6.07, 6.45) is 0.312. The second-order valence-corrected chi connectivity index (χ2v) is 7.17. The van der Waals surface area contributed by atoms with E-state index in [9.17, 15) is 9.59 Å². The van der Waals surface area contributed by atoms with Gasteiger partial charge in [0.25, 0.3) is 0 Å². The van der Waals surface area contributed by atoms with Gasteiger partial charge in [-0.3, -0.25) is 14.5 Å². The number of benzene rings is 2. The van der Waals surface area contributed by atoms with Crippen molar-refractivity contribution in [2.45, 2.75) is 13.3 Å². The van der Waals surface area contributed by atoms with Crippen molar-refractivity contribution in [3.05, 3.63) is 42.0 Å². The number of hydrogen-bond donors (Lipinski definition) is 2. The lowest BCUT2D eigenvalue weighted by Crippen LogP contribution is -2.35. The molecule has 136 valence electrons. The number of H-pyrrole nitrogens is 2. The summed E-state index contributed by atoms with van der Waals surface area (Å²) >= 11 is 0. The molecule has 0 radical (unpaired) electrons. The van der Waals surface area contributed by atoms with Crippen molar-refractivity contribution < 1.29 is 9.59 Å². The average molecular weight is 369 g/mol. The first kappa shape index (κ1) is 15.3. The summed E-state index contributed by atoms with van der Waals surface area (Å²) in [5, 5.41) is 1.81. The first-order chi connectivity index (χ1) is 13.6. The molecule has 3 aromatic heterocycles. The molecule has 1 amide bonds. The van der Waals surface area contributed by atoms with Crippen LogP contribution in [0.15, 0.2) is 36.4 Å². The lowest BCUT2D eigenvalue weighted by atomic mass is 10.0. The molecule has 0 fully saturated rings. The van der Waals surface area contributed by atoms with Crippen molar-refractivity contribution >= 4 is 61.5 Å². The highest BCUT2D eigenvalue weighted by Crippen LogP contribution is 2.36. The van der Waals surface area contributed by atoms with Gasteiger partial charge in [0.1, 0.15) is 5.82 Å². The van der Waals surface area contributed by atoms with Crippen molar-refractivity contribution in [1.82, 2.24) is 19.9 Å². The molecule has 0 saturated heterocycles. The molecule has 7 nitrogen and oxygen atoms in total. The second kappa shape index (κ2) is 5.16. The molecule has 5 aromatic rings. The molecule has 0 saturated carbocycles. The fourth-order valence-electron chi connectivity index (χ4n) is 4.17. The first-order valence-electron chi connectivity index (χ1n) is 9.15. The van der Waals surface area contributed by atoms with Gasteiger partial charge in [-0.15, -0.1) is 0 Å². The molecule has 0 aliphatic carbocycles. The van der Waals surface area contributed by atoms with Gasteiger partial charge in [-0.2, -0.15) is 0 Å². The first-order valence-corrected chi connectivity index (χ1v) is 9.15. The Balaban J connectivity index is 1.69. The third-order valence-electron chi connectivity index (χ3n) is 5.49. The van der Waals surface area contributed by atoms with E-state index in [-0.39, 0.29) is 11.7 Å². The molecule has 0 atom stereocenters. The fourth-order valence-corrected chi connectivity index (χ4v) is 4.17. The lowest BCUT2D eigenvalue weighted by Gasteiger charge is -2.23. The number of amides is 1. The van der Waals surface area contributed by atoms with E-state index in [0.29, 0.717) is 29.9 Å². The van der Waals surface area contributed by atoms with Crippen molar-refractivity contribution in [3.8, 4) is 0 Å². The Morgan fingerprint density at radius 3 is 2.75 bits per heavy atom. The zero-order valence-corrected chi connectivity index (χ0v) is 15.0. The van der Waals surface area contributed by atoms with Gasteiger partial charge in [-0.25, -0.2) is 9.97 Å². The van der Waals surface area contributed by atoms with Gasteiger partial charge >= 0.3 is 0 Å². The summed E-state index contributed by atoms with van der Waals surface area (Å²) in [5.41, 5.74) is 5.50. The highest BCUT2D eigenvalue weighted by molar-refractivity contribution is 6.18. The van der Waals surface area contributed by atoms with Crippen LogP contribution in [0, 0.1) is 0 Å². The Hall–Kier alpha value is -3.74. The Morgan fingerprint density at radius 1 is 1.04 bits per heavy atom. The van der Waals surface area contributed by atoms with Gasteiger partial charge in [-0.05, 0) is 18.2 Å². The third kappa shape index (κ3) is 1.93. The van der Waals surface area contributed by atoms with Crippen LogP contribution in [-0.2, 0) is 4.79 Å². The molecule has 1 aliphatic heterocycles. The monoisotopic (exact) mass is 369 g/mol. The molecule has 0 spiro atoms. The van der Waals surface area contributed by atoms with Crippen LogP contribution in [-0.4, -0.2) is 38.2 Å². The number of ketones is 1. The molecule has 2 N–H and O–H groups in total. The van der Waals surface area contributed by atoms with E-state index >= 15 is 0 Å². The summed E-state index contributed by atoms with van der Waals surface area (Å²) in [6, 6.07) is 11.8.